The highest BCUT2D eigenvalue weighted by Gasteiger charge is 2.27. The number of carbonyl (C=O) groups excluding carboxylic acids is 1. The molecule has 1 atom stereocenters. The van der Waals surface area contributed by atoms with E-state index in [1.165, 1.54) is 19.8 Å². The first kappa shape index (κ1) is 22.2. The predicted molar refractivity (Wildman–Crippen MR) is 119 cm³/mol. The van der Waals surface area contributed by atoms with Crippen LogP contribution in [0.3, 0.4) is 0 Å². The molecule has 1 heterocycles. The maximum atomic E-state index is 13.1. The Kier molecular flexibility index (Phi) is 6.71. The lowest BCUT2D eigenvalue weighted by atomic mass is 9.85. The van der Waals surface area contributed by atoms with Crippen LogP contribution in [0, 0.1) is 5.92 Å². The Bertz CT molecular complexity index is 858. The molecule has 1 N–H and O–H groups in total. The van der Waals surface area contributed by atoms with Gasteiger partial charge in [0.25, 0.3) is 0 Å². The average molecular weight is 412 g/mol. The Labute approximate surface area is 179 Å². The molecule has 30 heavy (non-hydrogen) atoms. The van der Waals surface area contributed by atoms with Crippen molar-refractivity contribution in [2.75, 3.05) is 27.3 Å². The lowest BCUT2D eigenvalue weighted by molar-refractivity contribution is 0.0811. The van der Waals surface area contributed by atoms with Crippen LogP contribution in [-0.4, -0.2) is 43.1 Å². The number of carbonyl (C=O) groups is 1. The molecule has 0 aromatic heterocycles. The summed E-state index contributed by atoms with van der Waals surface area (Å²) in [5, 5.41) is 10.1. The number of nitrogens with zero attached hydrogens (tertiary/aromatic N) is 1. The van der Waals surface area contributed by atoms with Gasteiger partial charge in [0.2, 0.25) is 5.75 Å². The summed E-state index contributed by atoms with van der Waals surface area (Å²) in [6.07, 6.45) is 1.90. The molecule has 0 radical (unpaired) electrons. The SMILES string of the molecule is COc1cc(CN2CCC[C@@H](C(=O)c3ccc(C(C)(C)C)cc3)C2)cc(OC)c1O. The van der Waals surface area contributed by atoms with E-state index in [2.05, 4.69) is 37.8 Å². The first-order valence-electron chi connectivity index (χ1n) is 10.5. The molecule has 0 amide bonds. The van der Waals surface area contributed by atoms with Crippen molar-refractivity contribution < 1.29 is 19.4 Å². The molecule has 1 aliphatic heterocycles. The fourth-order valence-electron chi connectivity index (χ4n) is 4.08. The minimum Gasteiger partial charge on any atom is -0.502 e. The van der Waals surface area contributed by atoms with E-state index >= 15 is 0 Å². The first-order valence-corrected chi connectivity index (χ1v) is 10.5. The molecule has 1 fully saturated rings. The number of hydrogen-bond acceptors (Lipinski definition) is 5. The van der Waals surface area contributed by atoms with Crippen molar-refractivity contribution in [3.63, 3.8) is 0 Å². The molecular formula is C25H33NO4. The second-order valence-electron chi connectivity index (χ2n) is 9.11. The zero-order valence-electron chi connectivity index (χ0n) is 18.7. The number of phenols is 1. The maximum Gasteiger partial charge on any atom is 0.200 e. The monoisotopic (exact) mass is 411 g/mol. The molecule has 0 saturated carbocycles. The summed E-state index contributed by atoms with van der Waals surface area (Å²) in [4.78, 5) is 15.4. The maximum absolute atomic E-state index is 13.1. The van der Waals surface area contributed by atoms with Gasteiger partial charge in [-0.15, -0.1) is 0 Å². The molecule has 2 aromatic rings. The van der Waals surface area contributed by atoms with Crippen molar-refractivity contribution in [3.05, 3.63) is 53.1 Å². The smallest absolute Gasteiger partial charge is 0.200 e. The number of benzene rings is 2. The Morgan fingerprint density at radius 2 is 1.70 bits per heavy atom. The summed E-state index contributed by atoms with van der Waals surface area (Å²) in [6.45, 7) is 8.88. The highest BCUT2D eigenvalue weighted by Crippen LogP contribution is 2.37. The lowest BCUT2D eigenvalue weighted by Gasteiger charge is -2.32. The number of piperidine rings is 1. The molecule has 5 heteroatoms. The lowest BCUT2D eigenvalue weighted by Crippen LogP contribution is -2.38. The van der Waals surface area contributed by atoms with E-state index in [-0.39, 0.29) is 22.9 Å². The Morgan fingerprint density at radius 3 is 2.23 bits per heavy atom. The van der Waals surface area contributed by atoms with Crippen molar-refractivity contribution >= 4 is 5.78 Å². The van der Waals surface area contributed by atoms with Gasteiger partial charge in [0, 0.05) is 24.6 Å². The molecule has 0 spiro atoms. The minimum absolute atomic E-state index is 0.000132. The van der Waals surface area contributed by atoms with Gasteiger partial charge in [-0.3, -0.25) is 9.69 Å². The van der Waals surface area contributed by atoms with E-state index in [0.29, 0.717) is 18.0 Å². The van der Waals surface area contributed by atoms with Crippen molar-refractivity contribution in [1.82, 2.24) is 4.90 Å². The molecule has 5 nitrogen and oxygen atoms in total. The third kappa shape index (κ3) is 4.96. The quantitative estimate of drug-likeness (QED) is 0.692. The van der Waals surface area contributed by atoms with Crippen LogP contribution in [-0.2, 0) is 12.0 Å². The van der Waals surface area contributed by atoms with Crippen LogP contribution in [0.25, 0.3) is 0 Å². The number of rotatable bonds is 6. The number of likely N-dealkylation sites (tertiary alicyclic amines) is 1. The van der Waals surface area contributed by atoms with Gasteiger partial charge in [-0.1, -0.05) is 45.0 Å². The van der Waals surface area contributed by atoms with Gasteiger partial charge < -0.3 is 14.6 Å². The Morgan fingerprint density at radius 1 is 1.10 bits per heavy atom. The molecule has 162 valence electrons. The number of phenolic OH excluding ortho intramolecular Hbond substituents is 1. The number of ketones is 1. The van der Waals surface area contributed by atoms with E-state index in [0.717, 1.165) is 37.1 Å². The highest BCUT2D eigenvalue weighted by atomic mass is 16.5. The molecule has 0 unspecified atom stereocenters. The third-order valence-corrected chi connectivity index (χ3v) is 5.86. The van der Waals surface area contributed by atoms with Gasteiger partial charge in [-0.2, -0.15) is 0 Å². The van der Waals surface area contributed by atoms with Crippen LogP contribution in [0.4, 0.5) is 0 Å². The van der Waals surface area contributed by atoms with Crippen LogP contribution in [0.5, 0.6) is 17.2 Å². The summed E-state index contributed by atoms with van der Waals surface area (Å²) < 4.78 is 10.5. The molecule has 2 aromatic carbocycles. The zero-order chi connectivity index (χ0) is 21.9. The van der Waals surface area contributed by atoms with E-state index in [1.54, 1.807) is 0 Å². The van der Waals surface area contributed by atoms with Gasteiger partial charge in [-0.25, -0.2) is 0 Å². The van der Waals surface area contributed by atoms with Crippen molar-refractivity contribution in [1.29, 1.82) is 0 Å². The number of Topliss-reactive ketones (excluding diaryl/α,β-unsaturated/α-hetero) is 1. The Hall–Kier alpha value is -2.53. The van der Waals surface area contributed by atoms with Crippen molar-refractivity contribution in [3.8, 4) is 17.2 Å². The van der Waals surface area contributed by atoms with Crippen LogP contribution >= 0.6 is 0 Å². The summed E-state index contributed by atoms with van der Waals surface area (Å²) in [5.74, 6) is 1.02. The molecule has 0 aliphatic carbocycles. The molecule has 1 saturated heterocycles. The van der Waals surface area contributed by atoms with E-state index in [4.69, 9.17) is 9.47 Å². The molecular weight excluding hydrogens is 378 g/mol. The van der Waals surface area contributed by atoms with Crippen molar-refractivity contribution in [2.24, 2.45) is 5.92 Å². The van der Waals surface area contributed by atoms with Crippen LogP contribution in [0.2, 0.25) is 0 Å². The molecule has 3 rings (SSSR count). The predicted octanol–water partition coefficient (Wildman–Crippen LogP) is 4.80. The number of ether oxygens (including phenoxy) is 2. The fourth-order valence-corrected chi connectivity index (χ4v) is 4.08. The van der Waals surface area contributed by atoms with Gasteiger partial charge >= 0.3 is 0 Å². The van der Waals surface area contributed by atoms with Crippen LogP contribution in [0.1, 0.15) is 55.1 Å². The van der Waals surface area contributed by atoms with Crippen LogP contribution in [0.15, 0.2) is 36.4 Å². The van der Waals surface area contributed by atoms with E-state index in [1.807, 2.05) is 24.3 Å². The van der Waals surface area contributed by atoms with Gasteiger partial charge in [0.05, 0.1) is 14.2 Å². The average Bonchev–Trinajstić information content (AvgIpc) is 2.74. The number of methoxy groups -OCH3 is 2. The summed E-state index contributed by atoms with van der Waals surface area (Å²) in [7, 11) is 3.05. The first-order chi connectivity index (χ1) is 14.2. The number of hydrogen-bond donors (Lipinski definition) is 1. The Balaban J connectivity index is 1.70. The van der Waals surface area contributed by atoms with Gasteiger partial charge in [0.1, 0.15) is 0 Å². The molecule has 1 aliphatic rings. The summed E-state index contributed by atoms with van der Waals surface area (Å²) >= 11 is 0. The summed E-state index contributed by atoms with van der Waals surface area (Å²) in [6, 6.07) is 11.7. The van der Waals surface area contributed by atoms with Crippen LogP contribution < -0.4 is 9.47 Å². The van der Waals surface area contributed by atoms with Gasteiger partial charge in [-0.05, 0) is 48.1 Å². The standard InChI is InChI=1S/C25H33NO4/c1-25(2,3)20-10-8-18(9-11-20)23(27)19-7-6-12-26(16-19)15-17-13-21(29-4)24(28)22(14-17)30-5/h8-11,13-14,19,28H,6-7,12,15-16H2,1-5H3/t19-/m1/s1. The second kappa shape index (κ2) is 9.09. The van der Waals surface area contributed by atoms with Crippen molar-refractivity contribution in [2.45, 2.75) is 45.6 Å². The number of aromatic hydroxyl groups is 1. The van der Waals surface area contributed by atoms with E-state index < -0.39 is 0 Å². The minimum atomic E-state index is 0.000132. The van der Waals surface area contributed by atoms with Gasteiger partial charge in [0.15, 0.2) is 17.3 Å². The topological polar surface area (TPSA) is 59.0 Å². The highest BCUT2D eigenvalue weighted by molar-refractivity contribution is 5.98. The fraction of sp³-hybridized carbons (Fsp3) is 0.480. The zero-order valence-corrected chi connectivity index (χ0v) is 18.7. The molecule has 0 bridgehead atoms. The normalized spacial score (nSPS) is 17.6. The largest absolute Gasteiger partial charge is 0.502 e. The summed E-state index contributed by atoms with van der Waals surface area (Å²) in [5.41, 5.74) is 3.10. The second-order valence-corrected chi connectivity index (χ2v) is 9.11. The van der Waals surface area contributed by atoms with E-state index in [9.17, 15) is 9.90 Å². The third-order valence-electron chi connectivity index (χ3n) is 5.86.